The van der Waals surface area contributed by atoms with Gasteiger partial charge in [0, 0.05) is 22.4 Å². The number of nitrogens with zero attached hydrogens (tertiary/aromatic N) is 1. The number of hydrogen-bond donors (Lipinski definition) is 4. The van der Waals surface area contributed by atoms with Crippen LogP contribution in [0.2, 0.25) is 0 Å². The van der Waals surface area contributed by atoms with Crippen LogP contribution in [0.15, 0.2) is 47.0 Å². The number of allylic oxidation sites excluding steroid dienone is 2. The summed E-state index contributed by atoms with van der Waals surface area (Å²) >= 11 is 0. The van der Waals surface area contributed by atoms with E-state index in [1.54, 1.807) is 47.9 Å². The average Bonchev–Trinajstić information content (AvgIpc) is 3.06. The number of ether oxygens (including phenoxy) is 2. The van der Waals surface area contributed by atoms with Crippen molar-refractivity contribution in [1.82, 2.24) is 9.55 Å². The highest BCUT2D eigenvalue weighted by atomic mass is 16.5. The lowest BCUT2D eigenvalue weighted by atomic mass is 9.97. The van der Waals surface area contributed by atoms with Gasteiger partial charge in [-0.05, 0) is 32.0 Å². The number of rotatable bonds is 6. The molecule has 0 saturated carbocycles. The van der Waals surface area contributed by atoms with Crippen LogP contribution < -0.4 is 15.2 Å². The largest absolute Gasteiger partial charge is 0.512 e. The second-order valence-electron chi connectivity index (χ2n) is 7.27. The van der Waals surface area contributed by atoms with E-state index in [1.165, 1.54) is 6.92 Å². The van der Waals surface area contributed by atoms with Crippen molar-refractivity contribution in [1.29, 1.82) is 5.41 Å². The fourth-order valence-corrected chi connectivity index (χ4v) is 3.99. The number of carbonyl (C=O) groups is 1. The van der Waals surface area contributed by atoms with Crippen molar-refractivity contribution >= 4 is 28.3 Å². The summed E-state index contributed by atoms with van der Waals surface area (Å²) in [7, 11) is 0. The van der Waals surface area contributed by atoms with Crippen LogP contribution in [0.25, 0.3) is 16.6 Å². The van der Waals surface area contributed by atoms with Crippen molar-refractivity contribution in [3.05, 3.63) is 63.8 Å². The molecule has 1 aromatic heterocycles. The number of aliphatic carboxylic acids is 1. The molecular weight excluding hydrogens is 402 g/mol. The number of para-hydroxylation sites is 1. The topological polar surface area (TPSA) is 138 Å². The zero-order valence-corrected chi connectivity index (χ0v) is 16.9. The molecule has 0 bridgehead atoms. The molecule has 0 spiro atoms. The number of hydrogen-bond acceptors (Lipinski definition) is 6. The summed E-state index contributed by atoms with van der Waals surface area (Å²) in [5.74, 6) is -0.384. The van der Waals surface area contributed by atoms with Gasteiger partial charge >= 0.3 is 11.7 Å². The Balaban J connectivity index is 1.92. The first kappa shape index (κ1) is 20.3. The Labute approximate surface area is 176 Å². The van der Waals surface area contributed by atoms with Gasteiger partial charge in [-0.15, -0.1) is 0 Å². The molecule has 1 aliphatic rings. The number of imidazole rings is 1. The van der Waals surface area contributed by atoms with Crippen molar-refractivity contribution < 1.29 is 24.5 Å². The zero-order valence-electron chi connectivity index (χ0n) is 16.9. The van der Waals surface area contributed by atoms with Gasteiger partial charge in [-0.1, -0.05) is 18.2 Å². The molecule has 160 valence electrons. The molecule has 1 unspecified atom stereocenters. The quantitative estimate of drug-likeness (QED) is 0.355. The van der Waals surface area contributed by atoms with E-state index >= 15 is 0 Å². The van der Waals surface area contributed by atoms with Gasteiger partial charge in [-0.2, -0.15) is 0 Å². The number of aliphatic hydroxyl groups excluding tert-OH is 1. The normalized spacial score (nSPS) is 15.9. The van der Waals surface area contributed by atoms with Gasteiger partial charge < -0.3 is 30.1 Å². The molecular formula is C22H21N3O6. The SMILES string of the molecule is CC(=N)/C(=C(/C)O)c1ccc2[nH]c(=O)n3c2c1OCC3c1ccccc1OCC(=O)O. The Morgan fingerprint density at radius 1 is 1.26 bits per heavy atom. The Morgan fingerprint density at radius 3 is 2.68 bits per heavy atom. The van der Waals surface area contributed by atoms with Crippen molar-refractivity contribution in [2.24, 2.45) is 0 Å². The van der Waals surface area contributed by atoms with Crippen LogP contribution in [0, 0.1) is 5.41 Å². The average molecular weight is 423 g/mol. The third-order valence-electron chi connectivity index (χ3n) is 5.17. The second-order valence-corrected chi connectivity index (χ2v) is 7.27. The first-order valence-corrected chi connectivity index (χ1v) is 9.58. The van der Waals surface area contributed by atoms with E-state index < -0.39 is 18.6 Å². The van der Waals surface area contributed by atoms with E-state index in [4.69, 9.17) is 20.0 Å². The molecule has 31 heavy (non-hydrogen) atoms. The highest BCUT2D eigenvalue weighted by Crippen LogP contribution is 2.41. The van der Waals surface area contributed by atoms with Crippen LogP contribution >= 0.6 is 0 Å². The van der Waals surface area contributed by atoms with E-state index in [2.05, 4.69) is 4.98 Å². The standard InChI is InChI=1S/C22H21N3O6/c1-11(23)19(12(2)26)14-7-8-15-20-21(14)31-9-16(25(20)22(29)24-15)13-5-3-4-6-17(13)30-10-18(27)28/h3-8,16,23,26H,9-10H2,1-2H3,(H,24,29)(H,27,28)/b19-12+,23-11?. The highest BCUT2D eigenvalue weighted by Gasteiger charge is 2.31. The Hall–Kier alpha value is -4.01. The van der Waals surface area contributed by atoms with E-state index in [0.717, 1.165) is 0 Å². The van der Waals surface area contributed by atoms with Gasteiger partial charge in [-0.25, -0.2) is 9.59 Å². The first-order chi connectivity index (χ1) is 14.8. The summed E-state index contributed by atoms with van der Waals surface area (Å²) in [5.41, 5.74) is 2.33. The Bertz CT molecular complexity index is 1300. The summed E-state index contributed by atoms with van der Waals surface area (Å²) in [6.45, 7) is 2.64. The number of nitrogens with one attached hydrogen (secondary N) is 2. The van der Waals surface area contributed by atoms with Crippen LogP contribution in [0.1, 0.15) is 31.0 Å². The molecule has 4 rings (SSSR count). The summed E-state index contributed by atoms with van der Waals surface area (Å²) in [5, 5.41) is 27.1. The smallest absolute Gasteiger partial charge is 0.341 e. The number of aromatic amines is 1. The lowest BCUT2D eigenvalue weighted by Gasteiger charge is -2.28. The van der Waals surface area contributed by atoms with E-state index in [-0.39, 0.29) is 23.8 Å². The third kappa shape index (κ3) is 3.43. The molecule has 2 heterocycles. The predicted molar refractivity (Wildman–Crippen MR) is 114 cm³/mol. The van der Waals surface area contributed by atoms with Crippen LogP contribution in [0.5, 0.6) is 11.5 Å². The number of carboxylic acids is 1. The molecule has 1 aliphatic heterocycles. The zero-order chi connectivity index (χ0) is 22.3. The van der Waals surface area contributed by atoms with E-state index in [0.29, 0.717) is 39.2 Å². The van der Waals surface area contributed by atoms with Gasteiger partial charge in [-0.3, -0.25) is 4.57 Å². The summed E-state index contributed by atoms with van der Waals surface area (Å²) < 4.78 is 13.0. The molecule has 3 aromatic rings. The third-order valence-corrected chi connectivity index (χ3v) is 5.17. The lowest BCUT2D eigenvalue weighted by molar-refractivity contribution is -0.139. The van der Waals surface area contributed by atoms with Crippen LogP contribution in [-0.4, -0.2) is 44.7 Å². The van der Waals surface area contributed by atoms with E-state index in [1.807, 2.05) is 0 Å². The number of benzene rings is 2. The first-order valence-electron chi connectivity index (χ1n) is 9.58. The molecule has 0 saturated heterocycles. The molecule has 0 aliphatic carbocycles. The number of H-pyrrole nitrogens is 1. The van der Waals surface area contributed by atoms with Crippen molar-refractivity contribution in [2.75, 3.05) is 13.2 Å². The molecule has 1 atom stereocenters. The van der Waals surface area contributed by atoms with Crippen molar-refractivity contribution in [2.45, 2.75) is 19.9 Å². The fourth-order valence-electron chi connectivity index (χ4n) is 3.99. The molecule has 9 nitrogen and oxygen atoms in total. The minimum absolute atomic E-state index is 0.0225. The van der Waals surface area contributed by atoms with Crippen molar-refractivity contribution in [3.63, 3.8) is 0 Å². The van der Waals surface area contributed by atoms with E-state index in [9.17, 15) is 14.7 Å². The van der Waals surface area contributed by atoms with Crippen LogP contribution in [-0.2, 0) is 4.79 Å². The van der Waals surface area contributed by atoms with Gasteiger partial charge in [0.25, 0.3) is 0 Å². The maximum absolute atomic E-state index is 12.9. The van der Waals surface area contributed by atoms with Crippen molar-refractivity contribution in [3.8, 4) is 11.5 Å². The number of carboxylic acid groups (broad SMARTS) is 1. The maximum atomic E-state index is 12.9. The minimum atomic E-state index is -1.11. The van der Waals surface area contributed by atoms with Crippen LogP contribution in [0.3, 0.4) is 0 Å². The second kappa shape index (κ2) is 7.67. The minimum Gasteiger partial charge on any atom is -0.512 e. The Morgan fingerprint density at radius 2 is 2.00 bits per heavy atom. The highest BCUT2D eigenvalue weighted by molar-refractivity contribution is 6.23. The van der Waals surface area contributed by atoms with Gasteiger partial charge in [0.15, 0.2) is 12.4 Å². The lowest BCUT2D eigenvalue weighted by Crippen LogP contribution is -2.31. The number of aromatic nitrogens is 2. The van der Waals surface area contributed by atoms with Gasteiger partial charge in [0.2, 0.25) is 0 Å². The molecule has 2 aromatic carbocycles. The number of aliphatic hydroxyl groups is 1. The molecule has 0 amide bonds. The fraction of sp³-hybridized carbons (Fsp3) is 0.227. The summed E-state index contributed by atoms with van der Waals surface area (Å²) in [6.07, 6.45) is 0. The van der Waals surface area contributed by atoms with Crippen LogP contribution in [0.4, 0.5) is 0 Å². The Kier molecular flexibility index (Phi) is 5.02. The monoisotopic (exact) mass is 423 g/mol. The molecule has 0 radical (unpaired) electrons. The molecule has 0 fully saturated rings. The molecule has 9 heteroatoms. The molecule has 4 N–H and O–H groups in total. The van der Waals surface area contributed by atoms with Gasteiger partial charge in [0.05, 0.1) is 11.3 Å². The summed E-state index contributed by atoms with van der Waals surface area (Å²) in [6, 6.07) is 9.76. The summed E-state index contributed by atoms with van der Waals surface area (Å²) in [4.78, 5) is 26.6. The van der Waals surface area contributed by atoms with Gasteiger partial charge in [0.1, 0.15) is 23.9 Å². The predicted octanol–water partition coefficient (Wildman–Crippen LogP) is 3.10. The maximum Gasteiger partial charge on any atom is 0.341 e.